The molecule has 2 atom stereocenters. The number of nitrogens with one attached hydrogen (secondary N) is 2. The van der Waals surface area contributed by atoms with Crippen LogP contribution < -0.4 is 15.4 Å². The number of hydrogen-bond donors (Lipinski definition) is 2. The number of carbonyl (C=O) groups is 1. The highest BCUT2D eigenvalue weighted by Crippen LogP contribution is 2.41. The summed E-state index contributed by atoms with van der Waals surface area (Å²) >= 11 is 0. The molecule has 4 bridgehead atoms. The van der Waals surface area contributed by atoms with Crippen molar-refractivity contribution in [3.05, 3.63) is 53.1 Å². The Balaban J connectivity index is 1.68. The van der Waals surface area contributed by atoms with Crippen molar-refractivity contribution in [2.75, 3.05) is 11.9 Å². The van der Waals surface area contributed by atoms with Gasteiger partial charge >= 0.3 is 0 Å². The molecule has 0 aliphatic carbocycles. The molecule has 1 unspecified atom stereocenters. The molecule has 2 aliphatic rings. The molecule has 2 aliphatic heterocycles. The van der Waals surface area contributed by atoms with E-state index < -0.39 is 5.60 Å². The van der Waals surface area contributed by atoms with Gasteiger partial charge in [0.2, 0.25) is 0 Å². The van der Waals surface area contributed by atoms with E-state index in [1.54, 1.807) is 16.8 Å². The Bertz CT molecular complexity index is 1100. The number of amides is 1. The highest BCUT2D eigenvalue weighted by molar-refractivity contribution is 5.99. The van der Waals surface area contributed by atoms with Crippen LogP contribution in [0.25, 0.3) is 5.65 Å². The van der Waals surface area contributed by atoms with Crippen LogP contribution in [-0.4, -0.2) is 32.7 Å². The number of carbonyl (C=O) groups excluding carboxylic acids is 1. The van der Waals surface area contributed by atoms with Gasteiger partial charge in [0.25, 0.3) is 5.91 Å². The third-order valence-corrected chi connectivity index (χ3v) is 5.14. The summed E-state index contributed by atoms with van der Waals surface area (Å²) in [5.41, 5.74) is 1.75. The van der Waals surface area contributed by atoms with Crippen LogP contribution in [0, 0.1) is 5.82 Å². The van der Waals surface area contributed by atoms with Gasteiger partial charge in [0.1, 0.15) is 28.5 Å². The number of benzene rings is 1. The van der Waals surface area contributed by atoms with E-state index in [-0.39, 0.29) is 17.8 Å². The van der Waals surface area contributed by atoms with Gasteiger partial charge in [-0.3, -0.25) is 4.79 Å². The van der Waals surface area contributed by atoms with Crippen LogP contribution in [0.2, 0.25) is 0 Å². The van der Waals surface area contributed by atoms with Crippen molar-refractivity contribution >= 4 is 17.4 Å². The summed E-state index contributed by atoms with van der Waals surface area (Å²) in [6.45, 7) is 4.14. The number of fused-ring (bicyclic) bond motifs is 2. The minimum absolute atomic E-state index is 0.234. The standard InChI is InChI=1S/C19H18FN5O2/c1-10-13-6-12(20)5-11-7-19(2,27-16(11)13)9-21-18(26)14-8-22-25-4-3-15(23-10)24-17(14)25/h3-6,8,10H,7,9H2,1-2H3,(H,21,26)(H,23,24)/t10-,19?/m1/s1. The number of hydrogen-bond acceptors (Lipinski definition) is 5. The van der Waals surface area contributed by atoms with Gasteiger partial charge in [0.05, 0.1) is 18.8 Å². The van der Waals surface area contributed by atoms with Crippen LogP contribution in [0.15, 0.2) is 30.6 Å². The number of nitrogens with zero attached hydrogens (tertiary/aromatic N) is 3. The average molecular weight is 367 g/mol. The Morgan fingerprint density at radius 2 is 2.26 bits per heavy atom. The second-order valence-corrected chi connectivity index (χ2v) is 7.40. The molecular weight excluding hydrogens is 349 g/mol. The number of ether oxygens (including phenoxy) is 1. The fourth-order valence-corrected chi connectivity index (χ4v) is 3.81. The van der Waals surface area contributed by atoms with Crippen molar-refractivity contribution in [2.24, 2.45) is 0 Å². The third-order valence-electron chi connectivity index (χ3n) is 5.14. The summed E-state index contributed by atoms with van der Waals surface area (Å²) in [4.78, 5) is 17.2. The zero-order valence-electron chi connectivity index (χ0n) is 14.9. The molecule has 3 aromatic rings. The quantitative estimate of drug-likeness (QED) is 0.638. The largest absolute Gasteiger partial charge is 0.485 e. The molecule has 2 aromatic heterocycles. The lowest BCUT2D eigenvalue weighted by Gasteiger charge is -2.25. The van der Waals surface area contributed by atoms with Gasteiger partial charge in [-0.05, 0) is 32.0 Å². The normalized spacial score (nSPS) is 23.8. The van der Waals surface area contributed by atoms with Crippen molar-refractivity contribution in [1.82, 2.24) is 19.9 Å². The van der Waals surface area contributed by atoms with Crippen molar-refractivity contribution < 1.29 is 13.9 Å². The first-order chi connectivity index (χ1) is 12.9. The molecule has 138 valence electrons. The van der Waals surface area contributed by atoms with Crippen LogP contribution in [0.3, 0.4) is 0 Å². The Hall–Kier alpha value is -3.16. The molecule has 0 saturated carbocycles. The fraction of sp³-hybridized carbons (Fsp3) is 0.316. The summed E-state index contributed by atoms with van der Waals surface area (Å²) in [6.07, 6.45) is 3.76. The Labute approximate surface area is 154 Å². The van der Waals surface area contributed by atoms with Crippen LogP contribution in [0.5, 0.6) is 5.75 Å². The molecule has 8 heteroatoms. The minimum Gasteiger partial charge on any atom is -0.485 e. The van der Waals surface area contributed by atoms with Crippen molar-refractivity contribution in [1.29, 1.82) is 0 Å². The zero-order chi connectivity index (χ0) is 18.8. The SMILES string of the molecule is C[C@H]1Nc2ccn3ncc(c3n2)C(=O)NCC2(C)Cc3cc(F)cc1c3O2. The first-order valence-corrected chi connectivity index (χ1v) is 8.82. The number of halogens is 1. The van der Waals surface area contributed by atoms with Gasteiger partial charge in [0, 0.05) is 23.7 Å². The van der Waals surface area contributed by atoms with E-state index >= 15 is 0 Å². The first-order valence-electron chi connectivity index (χ1n) is 8.82. The number of rotatable bonds is 0. The van der Waals surface area contributed by atoms with Crippen molar-refractivity contribution in [3.8, 4) is 5.75 Å². The second-order valence-electron chi connectivity index (χ2n) is 7.40. The molecule has 2 N–H and O–H groups in total. The summed E-state index contributed by atoms with van der Waals surface area (Å²) in [6, 6.07) is 4.53. The highest BCUT2D eigenvalue weighted by atomic mass is 19.1. The number of aromatic nitrogens is 3. The molecule has 1 aromatic carbocycles. The smallest absolute Gasteiger partial charge is 0.256 e. The van der Waals surface area contributed by atoms with Gasteiger partial charge < -0.3 is 15.4 Å². The average Bonchev–Trinajstić information content (AvgIpc) is 3.18. The maximum Gasteiger partial charge on any atom is 0.256 e. The highest BCUT2D eigenvalue weighted by Gasteiger charge is 2.38. The zero-order valence-corrected chi connectivity index (χ0v) is 14.9. The molecule has 5 rings (SSSR count). The lowest BCUT2D eigenvalue weighted by Crippen LogP contribution is -2.44. The predicted molar refractivity (Wildman–Crippen MR) is 96.5 cm³/mol. The van der Waals surface area contributed by atoms with Gasteiger partial charge in [-0.2, -0.15) is 5.10 Å². The topological polar surface area (TPSA) is 80.5 Å². The lowest BCUT2D eigenvalue weighted by molar-refractivity contribution is 0.0839. The summed E-state index contributed by atoms with van der Waals surface area (Å²) < 4.78 is 22.0. The molecule has 27 heavy (non-hydrogen) atoms. The molecule has 0 saturated heterocycles. The molecule has 0 radical (unpaired) electrons. The van der Waals surface area contributed by atoms with E-state index in [4.69, 9.17) is 4.74 Å². The second kappa shape index (κ2) is 5.42. The minimum atomic E-state index is -0.646. The first kappa shape index (κ1) is 16.0. The van der Waals surface area contributed by atoms with Gasteiger partial charge in [-0.25, -0.2) is 13.9 Å². The van der Waals surface area contributed by atoms with Crippen LogP contribution in [0.1, 0.15) is 41.4 Å². The molecule has 4 heterocycles. The van der Waals surface area contributed by atoms with E-state index in [2.05, 4.69) is 20.7 Å². The third kappa shape index (κ3) is 2.51. The Kier molecular flexibility index (Phi) is 3.22. The van der Waals surface area contributed by atoms with Crippen molar-refractivity contribution in [2.45, 2.75) is 31.9 Å². The molecular formula is C19H18FN5O2. The van der Waals surface area contributed by atoms with Gasteiger partial charge in [-0.1, -0.05) is 0 Å². The summed E-state index contributed by atoms with van der Waals surface area (Å²) in [5.74, 6) is 0.677. The molecule has 0 spiro atoms. The molecule has 0 fully saturated rings. The van der Waals surface area contributed by atoms with Crippen LogP contribution in [0.4, 0.5) is 10.2 Å². The fourth-order valence-electron chi connectivity index (χ4n) is 3.81. The van der Waals surface area contributed by atoms with E-state index in [0.29, 0.717) is 35.7 Å². The molecule has 1 amide bonds. The predicted octanol–water partition coefficient (Wildman–Crippen LogP) is 2.48. The summed E-state index contributed by atoms with van der Waals surface area (Å²) in [7, 11) is 0. The maximum absolute atomic E-state index is 14.2. The van der Waals surface area contributed by atoms with E-state index in [1.807, 2.05) is 13.8 Å². The van der Waals surface area contributed by atoms with Crippen molar-refractivity contribution in [3.63, 3.8) is 0 Å². The van der Waals surface area contributed by atoms with E-state index in [1.165, 1.54) is 18.3 Å². The lowest BCUT2D eigenvalue weighted by atomic mass is 9.96. The Morgan fingerprint density at radius 3 is 3.11 bits per heavy atom. The van der Waals surface area contributed by atoms with Crippen LogP contribution in [-0.2, 0) is 6.42 Å². The van der Waals surface area contributed by atoms with E-state index in [0.717, 1.165) is 11.1 Å². The van der Waals surface area contributed by atoms with E-state index in [9.17, 15) is 9.18 Å². The van der Waals surface area contributed by atoms with Gasteiger partial charge in [0.15, 0.2) is 5.65 Å². The maximum atomic E-state index is 14.2. The number of anilines is 1. The molecule has 7 nitrogen and oxygen atoms in total. The monoisotopic (exact) mass is 367 g/mol. The van der Waals surface area contributed by atoms with Crippen LogP contribution >= 0.6 is 0 Å². The Morgan fingerprint density at radius 1 is 1.41 bits per heavy atom. The summed E-state index contributed by atoms with van der Waals surface area (Å²) in [5, 5.41) is 10.4. The van der Waals surface area contributed by atoms with Gasteiger partial charge in [-0.15, -0.1) is 0 Å².